The van der Waals surface area contributed by atoms with Crippen LogP contribution in [0.5, 0.6) is 0 Å². The number of carbonyl (C=O) groups excluding carboxylic acids is 4. The smallest absolute Gasteiger partial charge is 0.238 e. The highest BCUT2D eigenvalue weighted by molar-refractivity contribution is 6.24. The van der Waals surface area contributed by atoms with Crippen molar-refractivity contribution in [2.75, 3.05) is 9.80 Å². The SMILES string of the molecule is C[C@@H]1C=CC[C@H]2C(=O)N(c3ccc(N4C(=O)[C@@H]5[C@H]6CC[C@@H](C6)[C@@H]5C4=O)cc3)C(=O)[C@H]12. The average Bonchev–Trinajstić information content (AvgIpc) is 3.47. The quantitative estimate of drug-likeness (QED) is 0.561. The van der Waals surface area contributed by atoms with Crippen LogP contribution in [-0.4, -0.2) is 23.6 Å². The molecule has 0 spiro atoms. The molecule has 5 aliphatic rings. The van der Waals surface area contributed by atoms with Gasteiger partial charge in [-0.05, 0) is 67.7 Å². The summed E-state index contributed by atoms with van der Waals surface area (Å²) in [6.45, 7) is 1.97. The number of hydrogen-bond acceptors (Lipinski definition) is 4. The number of fused-ring (bicyclic) bond motifs is 6. The van der Waals surface area contributed by atoms with Gasteiger partial charge >= 0.3 is 0 Å². The third kappa shape index (κ3) is 2.19. The molecule has 2 saturated heterocycles. The first-order valence-corrected chi connectivity index (χ1v) is 11.0. The van der Waals surface area contributed by atoms with Crippen LogP contribution in [-0.2, 0) is 19.2 Å². The van der Waals surface area contributed by atoms with Crippen LogP contribution in [0.15, 0.2) is 36.4 Å². The van der Waals surface area contributed by atoms with Crippen LogP contribution in [0.25, 0.3) is 0 Å². The normalized spacial score (nSPS) is 39.3. The van der Waals surface area contributed by atoms with Gasteiger partial charge in [0.05, 0.1) is 35.0 Å². The number of carbonyl (C=O) groups is 4. The van der Waals surface area contributed by atoms with E-state index in [4.69, 9.17) is 0 Å². The van der Waals surface area contributed by atoms with Crippen LogP contribution < -0.4 is 9.80 Å². The molecule has 154 valence electrons. The van der Waals surface area contributed by atoms with Crippen molar-refractivity contribution in [3.8, 4) is 0 Å². The Kier molecular flexibility index (Phi) is 3.68. The van der Waals surface area contributed by atoms with Crippen LogP contribution >= 0.6 is 0 Å². The molecule has 3 aliphatic carbocycles. The van der Waals surface area contributed by atoms with E-state index in [1.54, 1.807) is 24.3 Å². The Labute approximate surface area is 174 Å². The van der Waals surface area contributed by atoms with Gasteiger partial charge in [0.25, 0.3) is 0 Å². The molecule has 2 heterocycles. The zero-order chi connectivity index (χ0) is 20.7. The highest BCUT2D eigenvalue weighted by Crippen LogP contribution is 2.56. The van der Waals surface area contributed by atoms with E-state index in [1.807, 2.05) is 19.1 Å². The average molecular weight is 404 g/mol. The minimum Gasteiger partial charge on any atom is -0.274 e. The van der Waals surface area contributed by atoms with Gasteiger partial charge in [-0.1, -0.05) is 19.1 Å². The molecule has 2 aliphatic heterocycles. The number of anilines is 2. The van der Waals surface area contributed by atoms with Crippen LogP contribution in [0.4, 0.5) is 11.4 Å². The van der Waals surface area contributed by atoms with Gasteiger partial charge in [-0.2, -0.15) is 0 Å². The molecule has 6 heteroatoms. The largest absolute Gasteiger partial charge is 0.274 e. The van der Waals surface area contributed by atoms with Crippen molar-refractivity contribution in [1.82, 2.24) is 0 Å². The van der Waals surface area contributed by atoms with Crippen molar-refractivity contribution >= 4 is 35.0 Å². The molecule has 1 aromatic carbocycles. The summed E-state index contributed by atoms with van der Waals surface area (Å²) in [5.41, 5.74) is 1.05. The molecular formula is C24H24N2O4. The van der Waals surface area contributed by atoms with Gasteiger partial charge in [0.15, 0.2) is 0 Å². The molecule has 2 saturated carbocycles. The molecular weight excluding hydrogens is 380 g/mol. The molecule has 7 atom stereocenters. The predicted molar refractivity (Wildman–Crippen MR) is 109 cm³/mol. The van der Waals surface area contributed by atoms with Crippen LogP contribution in [0, 0.1) is 41.4 Å². The fourth-order valence-corrected chi connectivity index (χ4v) is 6.82. The lowest BCUT2D eigenvalue weighted by Gasteiger charge is -2.22. The van der Waals surface area contributed by atoms with E-state index in [2.05, 4.69) is 0 Å². The second kappa shape index (κ2) is 6.13. The highest BCUT2D eigenvalue weighted by atomic mass is 16.2. The molecule has 6 rings (SSSR count). The van der Waals surface area contributed by atoms with Crippen molar-refractivity contribution in [2.24, 2.45) is 41.4 Å². The van der Waals surface area contributed by atoms with Gasteiger partial charge in [-0.25, -0.2) is 0 Å². The third-order valence-corrected chi connectivity index (χ3v) is 8.17. The van der Waals surface area contributed by atoms with E-state index in [1.165, 1.54) is 9.80 Å². The van der Waals surface area contributed by atoms with E-state index in [0.717, 1.165) is 19.3 Å². The summed E-state index contributed by atoms with van der Waals surface area (Å²) in [7, 11) is 0. The van der Waals surface area contributed by atoms with Crippen LogP contribution in [0.1, 0.15) is 32.6 Å². The first-order valence-electron chi connectivity index (χ1n) is 11.0. The number of nitrogens with zero attached hydrogens (tertiary/aromatic N) is 2. The Morgan fingerprint density at radius 3 is 1.77 bits per heavy atom. The summed E-state index contributed by atoms with van der Waals surface area (Å²) in [4.78, 5) is 54.5. The number of hydrogen-bond donors (Lipinski definition) is 0. The van der Waals surface area contributed by atoms with Crippen molar-refractivity contribution in [2.45, 2.75) is 32.6 Å². The van der Waals surface area contributed by atoms with Crippen molar-refractivity contribution in [3.63, 3.8) is 0 Å². The molecule has 0 unspecified atom stereocenters. The second-order valence-electron chi connectivity index (χ2n) is 9.58. The summed E-state index contributed by atoms with van der Waals surface area (Å²) < 4.78 is 0. The zero-order valence-electron chi connectivity index (χ0n) is 16.9. The maximum Gasteiger partial charge on any atom is 0.238 e. The topological polar surface area (TPSA) is 74.8 Å². The fraction of sp³-hybridized carbons (Fsp3) is 0.500. The minimum absolute atomic E-state index is 0.0408. The molecule has 30 heavy (non-hydrogen) atoms. The fourth-order valence-electron chi connectivity index (χ4n) is 6.82. The molecule has 2 bridgehead atoms. The molecule has 1 aromatic rings. The van der Waals surface area contributed by atoms with E-state index < -0.39 is 0 Å². The van der Waals surface area contributed by atoms with E-state index in [-0.39, 0.29) is 53.2 Å². The Morgan fingerprint density at radius 1 is 0.733 bits per heavy atom. The van der Waals surface area contributed by atoms with Crippen molar-refractivity contribution in [1.29, 1.82) is 0 Å². The number of allylic oxidation sites excluding steroid dienone is 2. The van der Waals surface area contributed by atoms with E-state index in [9.17, 15) is 19.2 Å². The number of rotatable bonds is 2. The van der Waals surface area contributed by atoms with Gasteiger partial charge < -0.3 is 0 Å². The highest BCUT2D eigenvalue weighted by Gasteiger charge is 2.61. The molecule has 0 radical (unpaired) electrons. The maximum absolute atomic E-state index is 13.0. The Hall–Kier alpha value is -2.76. The summed E-state index contributed by atoms with van der Waals surface area (Å²) >= 11 is 0. The van der Waals surface area contributed by atoms with Crippen LogP contribution in [0.3, 0.4) is 0 Å². The maximum atomic E-state index is 13.0. The number of benzene rings is 1. The first kappa shape index (κ1) is 18.0. The lowest BCUT2D eigenvalue weighted by atomic mass is 9.78. The Balaban J connectivity index is 1.28. The zero-order valence-corrected chi connectivity index (χ0v) is 16.9. The van der Waals surface area contributed by atoms with Gasteiger partial charge in [0.2, 0.25) is 23.6 Å². The lowest BCUT2D eigenvalue weighted by molar-refractivity contribution is -0.124. The van der Waals surface area contributed by atoms with Gasteiger partial charge in [0.1, 0.15) is 0 Å². The van der Waals surface area contributed by atoms with Gasteiger partial charge in [0, 0.05) is 0 Å². The summed E-state index contributed by atoms with van der Waals surface area (Å²) in [5.74, 6) is -0.661. The van der Waals surface area contributed by atoms with E-state index >= 15 is 0 Å². The second-order valence-corrected chi connectivity index (χ2v) is 9.58. The Bertz CT molecular complexity index is 964. The van der Waals surface area contributed by atoms with Crippen molar-refractivity contribution in [3.05, 3.63) is 36.4 Å². The molecule has 0 N–H and O–H groups in total. The van der Waals surface area contributed by atoms with E-state index in [0.29, 0.717) is 29.6 Å². The monoisotopic (exact) mass is 404 g/mol. The Morgan fingerprint density at radius 2 is 1.23 bits per heavy atom. The predicted octanol–water partition coefficient (Wildman–Crippen LogP) is 2.92. The summed E-state index contributed by atoms with van der Waals surface area (Å²) in [5, 5.41) is 0. The number of imide groups is 2. The van der Waals surface area contributed by atoms with Crippen LogP contribution in [0.2, 0.25) is 0 Å². The van der Waals surface area contributed by atoms with Gasteiger partial charge in [-0.3, -0.25) is 29.0 Å². The first-order chi connectivity index (χ1) is 14.5. The lowest BCUT2D eigenvalue weighted by Crippen LogP contribution is -2.33. The third-order valence-electron chi connectivity index (χ3n) is 8.17. The standard InChI is InChI=1S/C24H24N2O4/c1-12-3-2-4-17-18(12)22(28)25(21(17)27)15-7-9-16(10-8-15)26-23(29)19-13-5-6-14(11-13)20(19)24(26)30/h2-3,7-10,12-14,17-20H,4-6,11H2,1H3/t12-,13+,14+,17-,18-,19-,20+/m1/s1. The summed E-state index contributed by atoms with van der Waals surface area (Å²) in [6.07, 6.45) is 7.69. The van der Waals surface area contributed by atoms with Crippen molar-refractivity contribution < 1.29 is 19.2 Å². The molecule has 6 nitrogen and oxygen atoms in total. The molecule has 4 fully saturated rings. The molecule has 0 aromatic heterocycles. The number of amides is 4. The minimum atomic E-state index is -0.307. The summed E-state index contributed by atoms with van der Waals surface area (Å²) in [6, 6.07) is 6.75. The van der Waals surface area contributed by atoms with Gasteiger partial charge in [-0.15, -0.1) is 0 Å². The molecule has 4 amide bonds.